The second-order valence-corrected chi connectivity index (χ2v) is 6.48. The maximum atomic E-state index is 5.29. The zero-order chi connectivity index (χ0) is 13.5. The summed E-state index contributed by atoms with van der Waals surface area (Å²) in [7, 11) is 1.75. The monoisotopic (exact) mass is 282 g/mol. The van der Waals surface area contributed by atoms with Crippen molar-refractivity contribution in [1.82, 2.24) is 10.3 Å². The summed E-state index contributed by atoms with van der Waals surface area (Å²) in [6.07, 6.45) is 7.95. The molecule has 1 aromatic rings. The molecule has 0 bridgehead atoms. The highest BCUT2D eigenvalue weighted by Crippen LogP contribution is 2.36. The number of thiazole rings is 1. The highest BCUT2D eigenvalue weighted by atomic mass is 32.1. The molecule has 108 valence electrons. The number of nitrogens with one attached hydrogen (secondary N) is 1. The maximum Gasteiger partial charge on any atom is 0.0963 e. The van der Waals surface area contributed by atoms with Crippen molar-refractivity contribution in [2.45, 2.75) is 64.5 Å². The van der Waals surface area contributed by atoms with Gasteiger partial charge in [-0.15, -0.1) is 11.3 Å². The van der Waals surface area contributed by atoms with Crippen LogP contribution in [-0.2, 0) is 17.9 Å². The van der Waals surface area contributed by atoms with E-state index in [9.17, 15) is 0 Å². The topological polar surface area (TPSA) is 34.2 Å². The van der Waals surface area contributed by atoms with Crippen LogP contribution >= 0.6 is 11.3 Å². The summed E-state index contributed by atoms with van der Waals surface area (Å²) >= 11 is 1.90. The van der Waals surface area contributed by atoms with Gasteiger partial charge < -0.3 is 10.1 Å². The van der Waals surface area contributed by atoms with Crippen LogP contribution in [0.1, 0.15) is 66.9 Å². The lowest BCUT2D eigenvalue weighted by molar-refractivity contribution is 0.181. The summed E-state index contributed by atoms with van der Waals surface area (Å²) in [6, 6.07) is 0. The first-order valence-electron chi connectivity index (χ1n) is 7.53. The molecule has 0 aliphatic heterocycles. The molecule has 2 rings (SSSR count). The molecule has 0 amide bonds. The van der Waals surface area contributed by atoms with Crippen molar-refractivity contribution in [2.24, 2.45) is 0 Å². The lowest BCUT2D eigenvalue weighted by Gasteiger charge is -2.18. The fourth-order valence-corrected chi connectivity index (χ4v) is 3.90. The van der Waals surface area contributed by atoms with Crippen LogP contribution in [0.3, 0.4) is 0 Å². The van der Waals surface area contributed by atoms with E-state index in [1.807, 2.05) is 11.3 Å². The van der Waals surface area contributed by atoms with Gasteiger partial charge in [-0.2, -0.15) is 0 Å². The van der Waals surface area contributed by atoms with Gasteiger partial charge in [0.25, 0.3) is 0 Å². The minimum atomic E-state index is 0.645. The molecular formula is C15H26N2OS. The highest BCUT2D eigenvalue weighted by molar-refractivity contribution is 7.11. The van der Waals surface area contributed by atoms with Gasteiger partial charge in [0.2, 0.25) is 0 Å². The Hall–Kier alpha value is -0.450. The fraction of sp³-hybridized carbons (Fsp3) is 0.800. The number of nitrogens with zero attached hydrogens (tertiary/aromatic N) is 1. The van der Waals surface area contributed by atoms with Gasteiger partial charge in [0.05, 0.1) is 17.3 Å². The van der Waals surface area contributed by atoms with Crippen LogP contribution < -0.4 is 5.32 Å². The standard InChI is InChI=1S/C15H26N2OS/c1-3-9-16-10-14-13(11-18-2)17-15(19-14)12-7-5-4-6-8-12/h12,16H,3-11H2,1-2H3. The van der Waals surface area contributed by atoms with Gasteiger partial charge in [0.15, 0.2) is 0 Å². The summed E-state index contributed by atoms with van der Waals surface area (Å²) in [5.41, 5.74) is 1.15. The van der Waals surface area contributed by atoms with Crippen molar-refractivity contribution in [3.05, 3.63) is 15.6 Å². The number of hydrogen-bond donors (Lipinski definition) is 1. The molecule has 4 heteroatoms. The zero-order valence-corrected chi connectivity index (χ0v) is 13.0. The Bertz CT molecular complexity index is 372. The van der Waals surface area contributed by atoms with E-state index in [2.05, 4.69) is 12.2 Å². The molecule has 1 heterocycles. The van der Waals surface area contributed by atoms with Gasteiger partial charge in [-0.25, -0.2) is 4.98 Å². The van der Waals surface area contributed by atoms with Crippen molar-refractivity contribution in [3.8, 4) is 0 Å². The largest absolute Gasteiger partial charge is 0.378 e. The van der Waals surface area contributed by atoms with Gasteiger partial charge in [0, 0.05) is 24.4 Å². The van der Waals surface area contributed by atoms with Crippen LogP contribution in [0, 0.1) is 0 Å². The third kappa shape index (κ3) is 4.26. The van der Waals surface area contributed by atoms with Gasteiger partial charge in [-0.05, 0) is 25.8 Å². The fourth-order valence-electron chi connectivity index (χ4n) is 2.69. The molecule has 0 saturated heterocycles. The minimum Gasteiger partial charge on any atom is -0.378 e. The molecule has 1 aliphatic carbocycles. The first-order valence-corrected chi connectivity index (χ1v) is 8.35. The predicted octanol–water partition coefficient (Wildman–Crippen LogP) is 3.84. The first kappa shape index (κ1) is 14.9. The molecule has 0 aromatic carbocycles. The number of hydrogen-bond acceptors (Lipinski definition) is 4. The molecule has 0 atom stereocenters. The quantitative estimate of drug-likeness (QED) is 0.772. The molecule has 0 spiro atoms. The van der Waals surface area contributed by atoms with E-state index in [1.165, 1.54) is 48.4 Å². The Morgan fingerprint density at radius 1 is 1.32 bits per heavy atom. The van der Waals surface area contributed by atoms with Crippen LogP contribution in [0.5, 0.6) is 0 Å². The van der Waals surface area contributed by atoms with E-state index in [4.69, 9.17) is 9.72 Å². The maximum absolute atomic E-state index is 5.29. The van der Waals surface area contributed by atoms with Crippen molar-refractivity contribution < 1.29 is 4.74 Å². The summed E-state index contributed by atoms with van der Waals surface area (Å²) in [6.45, 7) is 4.86. The first-order chi connectivity index (χ1) is 9.35. The van der Waals surface area contributed by atoms with Crippen molar-refractivity contribution in [2.75, 3.05) is 13.7 Å². The zero-order valence-electron chi connectivity index (χ0n) is 12.2. The second kappa shape index (κ2) is 7.98. The molecule has 1 saturated carbocycles. The predicted molar refractivity (Wildman–Crippen MR) is 80.7 cm³/mol. The van der Waals surface area contributed by atoms with Gasteiger partial charge >= 0.3 is 0 Å². The summed E-state index contributed by atoms with van der Waals surface area (Å²) in [5, 5.41) is 4.83. The molecule has 0 unspecified atom stereocenters. The smallest absolute Gasteiger partial charge is 0.0963 e. The molecule has 3 nitrogen and oxygen atoms in total. The van der Waals surface area contributed by atoms with Crippen molar-refractivity contribution in [1.29, 1.82) is 0 Å². The normalized spacial score (nSPS) is 16.9. The Morgan fingerprint density at radius 3 is 2.79 bits per heavy atom. The number of methoxy groups -OCH3 is 1. The van der Waals surface area contributed by atoms with Crippen LogP contribution in [0.2, 0.25) is 0 Å². The third-order valence-electron chi connectivity index (χ3n) is 3.74. The number of ether oxygens (including phenoxy) is 1. The van der Waals surface area contributed by atoms with E-state index in [0.717, 1.165) is 18.8 Å². The van der Waals surface area contributed by atoms with Crippen LogP contribution in [-0.4, -0.2) is 18.6 Å². The average Bonchev–Trinajstić information content (AvgIpc) is 2.84. The van der Waals surface area contributed by atoms with E-state index in [0.29, 0.717) is 12.5 Å². The Labute approximate surface area is 120 Å². The summed E-state index contributed by atoms with van der Waals surface area (Å²) < 4.78 is 5.29. The van der Waals surface area contributed by atoms with E-state index in [1.54, 1.807) is 7.11 Å². The minimum absolute atomic E-state index is 0.645. The van der Waals surface area contributed by atoms with E-state index in [-0.39, 0.29) is 0 Å². The molecule has 0 radical (unpaired) electrons. The molecule has 1 aliphatic rings. The molecule has 1 N–H and O–H groups in total. The SMILES string of the molecule is CCCNCc1sc(C2CCCCC2)nc1COC. The van der Waals surface area contributed by atoms with Crippen molar-refractivity contribution in [3.63, 3.8) is 0 Å². The van der Waals surface area contributed by atoms with Gasteiger partial charge in [-0.3, -0.25) is 0 Å². The van der Waals surface area contributed by atoms with E-state index >= 15 is 0 Å². The average molecular weight is 282 g/mol. The number of rotatable bonds is 7. The van der Waals surface area contributed by atoms with Crippen LogP contribution in [0.15, 0.2) is 0 Å². The summed E-state index contributed by atoms with van der Waals surface area (Å²) in [4.78, 5) is 6.23. The Morgan fingerprint density at radius 2 is 2.11 bits per heavy atom. The molecule has 19 heavy (non-hydrogen) atoms. The van der Waals surface area contributed by atoms with E-state index < -0.39 is 0 Å². The lowest BCUT2D eigenvalue weighted by atomic mass is 9.90. The van der Waals surface area contributed by atoms with Gasteiger partial charge in [0.1, 0.15) is 0 Å². The Kier molecular flexibility index (Phi) is 6.28. The summed E-state index contributed by atoms with van der Waals surface area (Å²) in [5.74, 6) is 0.703. The molecular weight excluding hydrogens is 256 g/mol. The lowest BCUT2D eigenvalue weighted by Crippen LogP contribution is -2.14. The third-order valence-corrected chi connectivity index (χ3v) is 5.00. The highest BCUT2D eigenvalue weighted by Gasteiger charge is 2.21. The number of aromatic nitrogens is 1. The van der Waals surface area contributed by atoms with Crippen LogP contribution in [0.4, 0.5) is 0 Å². The second-order valence-electron chi connectivity index (χ2n) is 5.37. The molecule has 1 aromatic heterocycles. The Balaban J connectivity index is 2.04. The molecule has 1 fully saturated rings. The van der Waals surface area contributed by atoms with Gasteiger partial charge in [-0.1, -0.05) is 26.2 Å². The van der Waals surface area contributed by atoms with Crippen molar-refractivity contribution >= 4 is 11.3 Å². The van der Waals surface area contributed by atoms with Crippen LogP contribution in [0.25, 0.3) is 0 Å².